The van der Waals surface area contributed by atoms with Crippen molar-refractivity contribution in [1.82, 2.24) is 0 Å². The van der Waals surface area contributed by atoms with E-state index in [1.54, 1.807) is 19.1 Å². The predicted octanol–water partition coefficient (Wildman–Crippen LogP) is 4.08. The normalized spacial score (nSPS) is 52.8. The van der Waals surface area contributed by atoms with E-state index >= 15 is 0 Å². The van der Waals surface area contributed by atoms with Crippen LogP contribution in [0.5, 0.6) is 0 Å². The second-order valence-corrected chi connectivity index (χ2v) is 10.2. The fourth-order valence-corrected chi connectivity index (χ4v) is 7.76. The highest BCUT2D eigenvalue weighted by Gasteiger charge is 2.70. The fourth-order valence-electron chi connectivity index (χ4n) is 7.27. The largest absolute Gasteiger partial charge is 0.391 e. The molecule has 4 aliphatic rings. The maximum absolute atomic E-state index is 12.3. The Bertz CT molecular complexity index is 740. The van der Waals surface area contributed by atoms with Gasteiger partial charge in [-0.3, -0.25) is 9.59 Å². The van der Waals surface area contributed by atoms with E-state index in [4.69, 9.17) is 11.6 Å². The number of Topliss-reactive ketones (excluding diaryl/α,β-unsaturated/α-hetero) is 1. The Balaban J connectivity index is 1.84. The Labute approximate surface area is 160 Å². The maximum atomic E-state index is 12.3. The number of rotatable bonds is 1. The molecule has 0 heterocycles. The Morgan fingerprint density at radius 3 is 2.62 bits per heavy atom. The highest BCUT2D eigenvalue weighted by Crippen LogP contribution is 2.70. The first kappa shape index (κ1) is 18.4. The van der Waals surface area contributed by atoms with Gasteiger partial charge in [0.25, 0.3) is 0 Å². The predicted molar refractivity (Wildman–Crippen MR) is 102 cm³/mol. The molecule has 0 aromatic rings. The summed E-state index contributed by atoms with van der Waals surface area (Å²) in [6.45, 7) is 8.13. The number of alkyl halides is 1. The summed E-state index contributed by atoms with van der Waals surface area (Å²) in [4.78, 5) is 23.4. The van der Waals surface area contributed by atoms with Crippen LogP contribution in [0.1, 0.15) is 53.4 Å². The van der Waals surface area contributed by atoms with Crippen LogP contribution in [0.4, 0.5) is 0 Å². The highest BCUT2D eigenvalue weighted by molar-refractivity contribution is 6.26. The average Bonchev–Trinajstić information content (AvgIpc) is 2.89. The van der Waals surface area contributed by atoms with Gasteiger partial charge in [-0.1, -0.05) is 32.4 Å². The molecule has 0 spiro atoms. The number of hydrogen-bond acceptors (Lipinski definition) is 3. The van der Waals surface area contributed by atoms with Crippen molar-refractivity contribution in [3.05, 3.63) is 23.8 Å². The molecule has 0 aliphatic heterocycles. The van der Waals surface area contributed by atoms with Gasteiger partial charge in [-0.2, -0.15) is 0 Å². The topological polar surface area (TPSA) is 54.4 Å². The third kappa shape index (κ3) is 2.05. The van der Waals surface area contributed by atoms with E-state index in [9.17, 15) is 14.7 Å². The van der Waals surface area contributed by atoms with E-state index in [0.717, 1.165) is 24.8 Å². The first-order chi connectivity index (χ1) is 12.1. The lowest BCUT2D eigenvalue weighted by atomic mass is 9.44. The number of aliphatic hydroxyl groups is 1. The van der Waals surface area contributed by atoms with Crippen molar-refractivity contribution in [3.63, 3.8) is 0 Å². The van der Waals surface area contributed by atoms with Crippen LogP contribution in [0, 0.1) is 34.5 Å². The van der Waals surface area contributed by atoms with Gasteiger partial charge in [0.2, 0.25) is 0 Å². The van der Waals surface area contributed by atoms with Crippen LogP contribution in [0.2, 0.25) is 0 Å². The van der Waals surface area contributed by atoms with Crippen LogP contribution < -0.4 is 0 Å². The van der Waals surface area contributed by atoms with Crippen LogP contribution >= 0.6 is 11.6 Å². The molecule has 142 valence electrons. The average molecular weight is 377 g/mol. The van der Waals surface area contributed by atoms with Gasteiger partial charge in [-0.05, 0) is 67.9 Å². The summed E-state index contributed by atoms with van der Waals surface area (Å²) in [6.07, 6.45) is 7.90. The third-order valence-corrected chi connectivity index (χ3v) is 9.38. The van der Waals surface area contributed by atoms with E-state index < -0.39 is 16.4 Å². The van der Waals surface area contributed by atoms with Gasteiger partial charge in [0, 0.05) is 11.3 Å². The Morgan fingerprint density at radius 2 is 1.96 bits per heavy atom. The number of carbonyl (C=O) groups is 2. The van der Waals surface area contributed by atoms with Gasteiger partial charge in [0.05, 0.1) is 11.0 Å². The molecule has 1 N–H and O–H groups in total. The molecular formula is C22H29ClO3. The molecule has 0 aromatic carbocycles. The van der Waals surface area contributed by atoms with Crippen LogP contribution in [-0.2, 0) is 9.59 Å². The molecule has 0 aromatic heterocycles. The second-order valence-electron chi connectivity index (χ2n) is 9.62. The van der Waals surface area contributed by atoms with Gasteiger partial charge in [-0.15, -0.1) is 11.6 Å². The van der Waals surface area contributed by atoms with Gasteiger partial charge < -0.3 is 5.11 Å². The first-order valence-corrected chi connectivity index (χ1v) is 10.3. The Hall–Kier alpha value is -0.930. The number of halogens is 1. The zero-order chi connectivity index (χ0) is 19.1. The summed E-state index contributed by atoms with van der Waals surface area (Å²) in [5.74, 6) is 0.990. The molecular weight excluding hydrogens is 348 g/mol. The van der Waals surface area contributed by atoms with E-state index in [0.29, 0.717) is 12.3 Å². The van der Waals surface area contributed by atoms with Crippen molar-refractivity contribution < 1.29 is 14.7 Å². The Kier molecular flexibility index (Phi) is 3.93. The second kappa shape index (κ2) is 5.54. The monoisotopic (exact) mass is 376 g/mol. The molecule has 4 rings (SSSR count). The van der Waals surface area contributed by atoms with Crippen molar-refractivity contribution in [2.75, 3.05) is 0 Å². The molecule has 4 aliphatic carbocycles. The first-order valence-electron chi connectivity index (χ1n) is 9.88. The maximum Gasteiger partial charge on any atom is 0.178 e. The molecule has 4 heteroatoms. The van der Waals surface area contributed by atoms with E-state index in [1.807, 2.05) is 6.08 Å². The number of hydrogen-bond donors (Lipinski definition) is 1. The number of aliphatic hydroxyl groups excluding tert-OH is 1. The van der Waals surface area contributed by atoms with Crippen molar-refractivity contribution in [2.24, 2.45) is 34.5 Å². The molecule has 3 fully saturated rings. The van der Waals surface area contributed by atoms with Crippen molar-refractivity contribution in [1.29, 1.82) is 0 Å². The van der Waals surface area contributed by atoms with Crippen molar-refractivity contribution in [2.45, 2.75) is 64.4 Å². The molecule has 3 nitrogen and oxygen atoms in total. The van der Waals surface area contributed by atoms with Crippen LogP contribution in [-0.4, -0.2) is 27.7 Å². The van der Waals surface area contributed by atoms with Gasteiger partial charge in [-0.25, -0.2) is 0 Å². The quantitative estimate of drug-likeness (QED) is 0.701. The lowest BCUT2D eigenvalue weighted by Crippen LogP contribution is -2.67. The van der Waals surface area contributed by atoms with Crippen LogP contribution in [0.15, 0.2) is 23.8 Å². The van der Waals surface area contributed by atoms with E-state index in [-0.39, 0.29) is 34.7 Å². The molecule has 0 bridgehead atoms. The molecule has 26 heavy (non-hydrogen) atoms. The lowest BCUT2D eigenvalue weighted by Gasteiger charge is -2.64. The number of carbonyl (C=O) groups excluding carboxylic acids is 2. The van der Waals surface area contributed by atoms with Crippen molar-refractivity contribution >= 4 is 23.2 Å². The van der Waals surface area contributed by atoms with Gasteiger partial charge in [0.15, 0.2) is 5.78 Å². The smallest absolute Gasteiger partial charge is 0.178 e. The highest BCUT2D eigenvalue weighted by atomic mass is 35.5. The van der Waals surface area contributed by atoms with Gasteiger partial charge in [0.1, 0.15) is 5.78 Å². The minimum absolute atomic E-state index is 0.00990. The van der Waals surface area contributed by atoms with Crippen LogP contribution in [0.3, 0.4) is 0 Å². The molecule has 3 saturated carbocycles. The number of allylic oxidation sites excluding steroid dienone is 4. The lowest BCUT2D eigenvalue weighted by molar-refractivity contribution is -0.134. The van der Waals surface area contributed by atoms with Crippen LogP contribution in [0.25, 0.3) is 0 Å². The molecule has 8 atom stereocenters. The summed E-state index contributed by atoms with van der Waals surface area (Å²) in [5.41, 5.74) is 0.347. The zero-order valence-corrected chi connectivity index (χ0v) is 16.8. The Morgan fingerprint density at radius 1 is 1.27 bits per heavy atom. The third-order valence-electron chi connectivity index (χ3n) is 8.46. The van der Waals surface area contributed by atoms with E-state index in [2.05, 4.69) is 20.8 Å². The van der Waals surface area contributed by atoms with E-state index in [1.165, 1.54) is 0 Å². The van der Waals surface area contributed by atoms with Gasteiger partial charge >= 0.3 is 0 Å². The molecule has 0 unspecified atom stereocenters. The summed E-state index contributed by atoms with van der Waals surface area (Å²) in [5, 5.41) is 11.3. The summed E-state index contributed by atoms with van der Waals surface area (Å²) in [6, 6.07) is 0. The summed E-state index contributed by atoms with van der Waals surface area (Å²) >= 11 is 7.37. The standard InChI is InChI=1S/C22H29ClO3/c1-12-9-18-16-6-5-15(13(2)24)20(16,3)11-19(26)22(18,23)21(4)8-7-14(25)10-17(12)21/h7-8,10,12,15-16,18-19,26H,5-6,9,11H2,1-4H3/t12-,15+,16-,18-,19-,20+,21-,22-/m0/s1. The summed E-state index contributed by atoms with van der Waals surface area (Å²) < 4.78 is 0. The molecule has 0 saturated heterocycles. The molecule has 0 amide bonds. The minimum atomic E-state index is -0.821. The summed E-state index contributed by atoms with van der Waals surface area (Å²) in [7, 11) is 0. The van der Waals surface area contributed by atoms with Crippen molar-refractivity contribution in [3.8, 4) is 0 Å². The SMILES string of the molecule is CC(=O)[C@H]1CC[C@H]2[C@@H]3C[C@H](C)C4=CC(=O)C=C[C@]4(C)[C@@]3(Cl)[C@@H](O)C[C@]12C. The number of ketones is 2. The minimum Gasteiger partial charge on any atom is -0.391 e. The molecule has 0 radical (unpaired) electrons. The zero-order valence-electron chi connectivity index (χ0n) is 16.1. The number of fused-ring (bicyclic) bond motifs is 5. The fraction of sp³-hybridized carbons (Fsp3) is 0.727.